The molecule has 1 aliphatic rings. The second-order valence-corrected chi connectivity index (χ2v) is 7.31. The zero-order chi connectivity index (χ0) is 15.5. The molecule has 2 N–H and O–H groups in total. The summed E-state index contributed by atoms with van der Waals surface area (Å²) in [6.45, 7) is 6.15. The third-order valence-corrected chi connectivity index (χ3v) is 5.95. The van der Waals surface area contributed by atoms with Crippen LogP contribution in [0.3, 0.4) is 0 Å². The van der Waals surface area contributed by atoms with Gasteiger partial charge in [-0.05, 0) is 36.5 Å². The second-order valence-electron chi connectivity index (χ2n) is 5.41. The minimum absolute atomic E-state index is 0.283. The monoisotopic (exact) mass is 312 g/mol. The van der Waals surface area contributed by atoms with Gasteiger partial charge in [0, 0.05) is 25.4 Å². The van der Waals surface area contributed by atoms with E-state index in [9.17, 15) is 8.42 Å². The number of sulfonamides is 1. The molecule has 1 aromatic carbocycles. The number of nitrogens with two attached hydrogens (primary N) is 1. The first-order chi connectivity index (χ1) is 9.98. The Balaban J connectivity index is 2.32. The first-order valence-corrected chi connectivity index (χ1v) is 8.89. The van der Waals surface area contributed by atoms with Crippen LogP contribution in [-0.2, 0) is 21.2 Å². The molecule has 1 heterocycles. The highest BCUT2D eigenvalue weighted by atomic mass is 32.2. The third kappa shape index (κ3) is 3.56. The van der Waals surface area contributed by atoms with E-state index in [1.54, 1.807) is 22.5 Å². The summed E-state index contributed by atoms with van der Waals surface area (Å²) in [5, 5.41) is 0. The smallest absolute Gasteiger partial charge is 0.243 e. The molecule has 0 radical (unpaired) electrons. The Kier molecular flexibility index (Phi) is 5.24. The van der Waals surface area contributed by atoms with Crippen molar-refractivity contribution in [1.29, 1.82) is 0 Å². The molecule has 0 bridgehead atoms. The van der Waals surface area contributed by atoms with Gasteiger partial charge in [0.15, 0.2) is 0 Å². The fourth-order valence-electron chi connectivity index (χ4n) is 2.65. The van der Waals surface area contributed by atoms with E-state index in [0.717, 1.165) is 18.6 Å². The molecule has 21 heavy (non-hydrogen) atoms. The number of nitrogen functional groups attached to an aromatic ring is 1. The van der Waals surface area contributed by atoms with Crippen LogP contribution in [0.1, 0.15) is 25.8 Å². The molecule has 1 atom stereocenters. The lowest BCUT2D eigenvalue weighted by molar-refractivity contribution is 0.181. The van der Waals surface area contributed by atoms with Crippen molar-refractivity contribution in [2.75, 3.05) is 32.0 Å². The van der Waals surface area contributed by atoms with Gasteiger partial charge in [0.1, 0.15) is 0 Å². The van der Waals surface area contributed by atoms with Crippen LogP contribution in [0.2, 0.25) is 0 Å². The molecule has 0 aromatic heterocycles. The van der Waals surface area contributed by atoms with Crippen molar-refractivity contribution >= 4 is 15.7 Å². The lowest BCUT2D eigenvalue weighted by Crippen LogP contribution is -2.36. The van der Waals surface area contributed by atoms with Crippen molar-refractivity contribution in [2.45, 2.75) is 31.6 Å². The number of rotatable bonds is 6. The van der Waals surface area contributed by atoms with Gasteiger partial charge in [-0.2, -0.15) is 4.31 Å². The highest BCUT2D eigenvalue weighted by Gasteiger charge is 2.29. The Morgan fingerprint density at radius 1 is 1.38 bits per heavy atom. The maximum absolute atomic E-state index is 12.9. The van der Waals surface area contributed by atoms with Gasteiger partial charge in [0.25, 0.3) is 0 Å². The maximum atomic E-state index is 12.9. The molecule has 5 nitrogen and oxygen atoms in total. The van der Waals surface area contributed by atoms with Crippen molar-refractivity contribution in [2.24, 2.45) is 5.92 Å². The van der Waals surface area contributed by atoms with E-state index >= 15 is 0 Å². The molecule has 1 saturated heterocycles. The predicted octanol–water partition coefficient (Wildman–Crippen LogP) is 1.88. The Morgan fingerprint density at radius 2 is 2.14 bits per heavy atom. The summed E-state index contributed by atoms with van der Waals surface area (Å²) in [6, 6.07) is 5.12. The van der Waals surface area contributed by atoms with Gasteiger partial charge in [0.05, 0.1) is 11.5 Å². The SMILES string of the molecule is CCc1ccc(N)cc1S(=O)(=O)N(CC)CC1CCOC1. The summed E-state index contributed by atoms with van der Waals surface area (Å²) >= 11 is 0. The molecule has 1 aromatic rings. The normalized spacial score (nSPS) is 19.3. The Hall–Kier alpha value is -1.11. The highest BCUT2D eigenvalue weighted by molar-refractivity contribution is 7.89. The molecular weight excluding hydrogens is 288 g/mol. The Bertz CT molecular complexity index is 581. The molecule has 118 valence electrons. The largest absolute Gasteiger partial charge is 0.399 e. The van der Waals surface area contributed by atoms with Gasteiger partial charge < -0.3 is 10.5 Å². The summed E-state index contributed by atoms with van der Waals surface area (Å²) in [4.78, 5) is 0.339. The van der Waals surface area contributed by atoms with E-state index in [2.05, 4.69) is 0 Å². The van der Waals surface area contributed by atoms with Crippen molar-refractivity contribution in [1.82, 2.24) is 4.31 Å². The van der Waals surface area contributed by atoms with Crippen LogP contribution >= 0.6 is 0 Å². The summed E-state index contributed by atoms with van der Waals surface area (Å²) in [6.07, 6.45) is 1.59. The lowest BCUT2D eigenvalue weighted by atomic mass is 10.1. The van der Waals surface area contributed by atoms with Crippen molar-refractivity contribution in [3.05, 3.63) is 23.8 Å². The van der Waals surface area contributed by atoms with Crippen LogP contribution in [0.5, 0.6) is 0 Å². The van der Waals surface area contributed by atoms with Crippen molar-refractivity contribution < 1.29 is 13.2 Å². The first kappa shape index (κ1) is 16.3. The molecule has 0 amide bonds. The zero-order valence-corrected chi connectivity index (χ0v) is 13.5. The topological polar surface area (TPSA) is 72.6 Å². The van der Waals surface area contributed by atoms with Crippen LogP contribution in [0.15, 0.2) is 23.1 Å². The minimum atomic E-state index is -3.51. The molecule has 1 aliphatic heterocycles. The fraction of sp³-hybridized carbons (Fsp3) is 0.600. The van der Waals surface area contributed by atoms with Gasteiger partial charge in [-0.25, -0.2) is 8.42 Å². The van der Waals surface area contributed by atoms with E-state index in [4.69, 9.17) is 10.5 Å². The van der Waals surface area contributed by atoms with Crippen molar-refractivity contribution in [3.63, 3.8) is 0 Å². The molecule has 6 heteroatoms. The molecule has 0 spiro atoms. The van der Waals surface area contributed by atoms with E-state index in [1.807, 2.05) is 13.8 Å². The van der Waals surface area contributed by atoms with Gasteiger partial charge >= 0.3 is 0 Å². The summed E-state index contributed by atoms with van der Waals surface area (Å²) in [5.74, 6) is 0.283. The van der Waals surface area contributed by atoms with Crippen molar-refractivity contribution in [3.8, 4) is 0 Å². The molecule has 0 aliphatic carbocycles. The molecule has 0 saturated carbocycles. The maximum Gasteiger partial charge on any atom is 0.243 e. The van der Waals surface area contributed by atoms with E-state index in [-0.39, 0.29) is 5.92 Å². The van der Waals surface area contributed by atoms with Crippen LogP contribution in [0.4, 0.5) is 5.69 Å². The van der Waals surface area contributed by atoms with Gasteiger partial charge in [-0.15, -0.1) is 0 Å². The predicted molar refractivity (Wildman–Crippen MR) is 83.6 cm³/mol. The van der Waals surface area contributed by atoms with Gasteiger partial charge in [-0.3, -0.25) is 0 Å². The quantitative estimate of drug-likeness (QED) is 0.814. The number of hydrogen-bond acceptors (Lipinski definition) is 4. The first-order valence-electron chi connectivity index (χ1n) is 7.45. The number of aryl methyl sites for hydroxylation is 1. The van der Waals surface area contributed by atoms with Gasteiger partial charge in [0.2, 0.25) is 10.0 Å². The van der Waals surface area contributed by atoms with Crippen LogP contribution in [-0.4, -0.2) is 39.0 Å². The molecular formula is C15H24N2O3S. The van der Waals surface area contributed by atoms with Crippen LogP contribution < -0.4 is 5.73 Å². The van der Waals surface area contributed by atoms with E-state index < -0.39 is 10.0 Å². The molecule has 1 unspecified atom stereocenters. The van der Waals surface area contributed by atoms with Crippen LogP contribution in [0, 0.1) is 5.92 Å². The standard InChI is InChI=1S/C15H24N2O3S/c1-3-13-5-6-14(16)9-15(13)21(18,19)17(4-2)10-12-7-8-20-11-12/h5-6,9,12H,3-4,7-8,10-11,16H2,1-2H3. The van der Waals surface area contributed by atoms with E-state index in [1.165, 1.54) is 0 Å². The minimum Gasteiger partial charge on any atom is -0.399 e. The second kappa shape index (κ2) is 6.77. The number of ether oxygens (including phenoxy) is 1. The molecule has 2 rings (SSSR count). The summed E-state index contributed by atoms with van der Waals surface area (Å²) in [5.41, 5.74) is 7.07. The van der Waals surface area contributed by atoms with Gasteiger partial charge in [-0.1, -0.05) is 19.9 Å². The number of hydrogen-bond donors (Lipinski definition) is 1. The number of nitrogens with zero attached hydrogens (tertiary/aromatic N) is 1. The third-order valence-electron chi connectivity index (χ3n) is 3.93. The summed E-state index contributed by atoms with van der Waals surface area (Å²) in [7, 11) is -3.51. The molecule has 1 fully saturated rings. The zero-order valence-electron chi connectivity index (χ0n) is 12.7. The van der Waals surface area contributed by atoms with Crippen LogP contribution in [0.25, 0.3) is 0 Å². The average molecular weight is 312 g/mol. The lowest BCUT2D eigenvalue weighted by Gasteiger charge is -2.24. The highest BCUT2D eigenvalue weighted by Crippen LogP contribution is 2.25. The fourth-order valence-corrected chi connectivity index (χ4v) is 4.51. The average Bonchev–Trinajstić information content (AvgIpc) is 2.97. The Morgan fingerprint density at radius 3 is 2.71 bits per heavy atom. The summed E-state index contributed by atoms with van der Waals surface area (Å²) < 4.78 is 32.7. The Labute approximate surface area is 127 Å². The number of benzene rings is 1. The number of anilines is 1. The van der Waals surface area contributed by atoms with E-state index in [0.29, 0.717) is 36.7 Å².